The smallest absolute Gasteiger partial charge is 0.292 e. The van der Waals surface area contributed by atoms with Gasteiger partial charge in [0.15, 0.2) is 5.84 Å². The number of amidine groups is 1. The number of hydrogen-bond acceptors (Lipinski definition) is 4. The van der Waals surface area contributed by atoms with Gasteiger partial charge in [0.2, 0.25) is 5.78 Å². The first-order valence-corrected chi connectivity index (χ1v) is 10.5. The predicted molar refractivity (Wildman–Crippen MR) is 121 cm³/mol. The third-order valence-electron chi connectivity index (χ3n) is 5.67. The molecule has 0 spiro atoms. The Morgan fingerprint density at radius 1 is 0.886 bits per heavy atom. The zero-order valence-corrected chi connectivity index (χ0v) is 17.9. The van der Waals surface area contributed by atoms with E-state index in [-0.39, 0.29) is 29.3 Å². The lowest BCUT2D eigenvalue weighted by Crippen LogP contribution is -2.49. The summed E-state index contributed by atoms with van der Waals surface area (Å²) in [5, 5.41) is 1.30. The lowest BCUT2D eigenvalue weighted by atomic mass is 9.96. The highest BCUT2D eigenvalue weighted by molar-refractivity contribution is 6.46. The van der Waals surface area contributed by atoms with Crippen LogP contribution < -0.4 is 5.43 Å². The molecule has 2 heterocycles. The first-order chi connectivity index (χ1) is 16.7. The van der Waals surface area contributed by atoms with Crippen LogP contribution in [0.3, 0.4) is 0 Å². The molecule has 3 aromatic carbocycles. The van der Waals surface area contributed by atoms with Gasteiger partial charge in [0.05, 0.1) is 23.5 Å². The molecule has 2 aliphatic heterocycles. The molecule has 0 unspecified atom stereocenters. The number of carbonyl (C=O) groups is 1. The molecule has 3 aromatic rings. The first-order valence-electron chi connectivity index (χ1n) is 10.5. The molecule has 0 aromatic heterocycles. The summed E-state index contributed by atoms with van der Waals surface area (Å²) in [6, 6.07) is 16.4. The predicted octanol–water partition coefficient (Wildman–Crippen LogP) is 5.69. The van der Waals surface area contributed by atoms with Crippen LogP contribution in [-0.4, -0.2) is 23.2 Å². The van der Waals surface area contributed by atoms with Crippen molar-refractivity contribution in [2.24, 2.45) is 4.99 Å². The van der Waals surface area contributed by atoms with Crippen LogP contribution in [0.15, 0.2) is 83.9 Å². The molecular weight excluding hydrogens is 465 g/mol. The summed E-state index contributed by atoms with van der Waals surface area (Å²) in [7, 11) is 0. The third kappa shape index (κ3) is 4.21. The van der Waals surface area contributed by atoms with E-state index in [1.165, 1.54) is 29.3 Å². The lowest BCUT2D eigenvalue weighted by Gasteiger charge is -2.37. The maximum Gasteiger partial charge on any atom is 0.416 e. The van der Waals surface area contributed by atoms with Crippen LogP contribution in [0.25, 0.3) is 17.0 Å². The zero-order valence-electron chi connectivity index (χ0n) is 17.9. The van der Waals surface area contributed by atoms with Crippen molar-refractivity contribution in [3.05, 3.63) is 113 Å². The normalized spacial score (nSPS) is 15.9. The molecule has 0 saturated carbocycles. The molecule has 0 atom stereocenters. The number of carbonyl (C=O) groups excluding carboxylic acids is 1. The van der Waals surface area contributed by atoms with Crippen molar-refractivity contribution in [2.45, 2.75) is 6.18 Å². The Hall–Kier alpha value is -4.27. The average molecular weight is 481 g/mol. The Morgan fingerprint density at radius 3 is 2.26 bits per heavy atom. The second-order valence-corrected chi connectivity index (χ2v) is 7.90. The van der Waals surface area contributed by atoms with Crippen molar-refractivity contribution in [2.75, 3.05) is 6.54 Å². The Bertz CT molecular complexity index is 1410. The standard InChI is InChI=1S/C26H16F5N3O/c27-18-10-11-19(21(28)12-18)24-20(15-4-2-1-3-5-15)14-32-25-23(35)13-22(33-34(24)25)16-6-8-17(9-7-16)26(29,30)31/h1-13,33H,14H2. The number of ketones is 1. The number of nitrogens with zero attached hydrogens (tertiary/aromatic N) is 2. The van der Waals surface area contributed by atoms with Crippen LogP contribution in [-0.2, 0) is 11.0 Å². The van der Waals surface area contributed by atoms with Crippen molar-refractivity contribution in [3.63, 3.8) is 0 Å². The summed E-state index contributed by atoms with van der Waals surface area (Å²) in [4.78, 5) is 17.3. The fourth-order valence-electron chi connectivity index (χ4n) is 4.00. The highest BCUT2D eigenvalue weighted by Gasteiger charge is 2.35. The molecule has 2 aliphatic rings. The third-order valence-corrected chi connectivity index (χ3v) is 5.67. The maximum atomic E-state index is 15.0. The fraction of sp³-hybridized carbons (Fsp3) is 0.0769. The summed E-state index contributed by atoms with van der Waals surface area (Å²) in [6.45, 7) is 0.0683. The van der Waals surface area contributed by atoms with Gasteiger partial charge in [-0.05, 0) is 35.4 Å². The van der Waals surface area contributed by atoms with Crippen molar-refractivity contribution in [1.82, 2.24) is 10.4 Å². The molecule has 4 nitrogen and oxygen atoms in total. The molecular formula is C26H16F5N3O. The second-order valence-electron chi connectivity index (χ2n) is 7.90. The SMILES string of the molecule is O=C1C=C(c2ccc(C(F)(F)F)cc2)NN2C1=NCC(c1ccccc1)=C2c1ccc(F)cc1F. The molecule has 5 rings (SSSR count). The quantitative estimate of drug-likeness (QED) is 0.489. The summed E-state index contributed by atoms with van der Waals surface area (Å²) >= 11 is 0. The van der Waals surface area contributed by atoms with Gasteiger partial charge in [0.25, 0.3) is 0 Å². The van der Waals surface area contributed by atoms with E-state index in [0.29, 0.717) is 16.7 Å². The minimum Gasteiger partial charge on any atom is -0.292 e. The number of rotatable bonds is 3. The number of hydrazine groups is 1. The largest absolute Gasteiger partial charge is 0.416 e. The van der Waals surface area contributed by atoms with Gasteiger partial charge in [-0.25, -0.2) is 13.8 Å². The van der Waals surface area contributed by atoms with Crippen LogP contribution in [0.1, 0.15) is 22.3 Å². The lowest BCUT2D eigenvalue weighted by molar-refractivity contribution is -0.137. The van der Waals surface area contributed by atoms with Crippen molar-refractivity contribution in [1.29, 1.82) is 0 Å². The highest BCUT2D eigenvalue weighted by atomic mass is 19.4. The summed E-state index contributed by atoms with van der Waals surface area (Å²) in [5.41, 5.74) is 4.27. The van der Waals surface area contributed by atoms with Crippen molar-refractivity contribution < 1.29 is 26.7 Å². The Labute approximate surface area is 196 Å². The Kier molecular flexibility index (Phi) is 5.47. The molecule has 1 N–H and O–H groups in total. The van der Waals surface area contributed by atoms with Gasteiger partial charge < -0.3 is 0 Å². The van der Waals surface area contributed by atoms with E-state index in [4.69, 9.17) is 0 Å². The molecule has 0 radical (unpaired) electrons. The van der Waals surface area contributed by atoms with Gasteiger partial charge in [-0.3, -0.25) is 15.2 Å². The van der Waals surface area contributed by atoms with Crippen molar-refractivity contribution in [3.8, 4) is 0 Å². The molecule has 9 heteroatoms. The van der Waals surface area contributed by atoms with Crippen LogP contribution in [0.4, 0.5) is 22.0 Å². The Morgan fingerprint density at radius 2 is 1.60 bits per heavy atom. The topological polar surface area (TPSA) is 44.7 Å². The Balaban J connectivity index is 1.63. The van der Waals surface area contributed by atoms with Crippen LogP contribution >= 0.6 is 0 Å². The van der Waals surface area contributed by atoms with E-state index in [0.717, 1.165) is 24.3 Å². The molecule has 0 amide bonds. The van der Waals surface area contributed by atoms with Gasteiger partial charge in [-0.15, -0.1) is 0 Å². The average Bonchev–Trinajstić information content (AvgIpc) is 2.84. The number of benzene rings is 3. The van der Waals surface area contributed by atoms with Crippen LogP contribution in [0, 0.1) is 11.6 Å². The summed E-state index contributed by atoms with van der Waals surface area (Å²) < 4.78 is 67.6. The molecule has 176 valence electrons. The fourth-order valence-corrected chi connectivity index (χ4v) is 4.00. The zero-order chi connectivity index (χ0) is 24.7. The number of nitrogens with one attached hydrogen (secondary N) is 1. The molecule has 0 bridgehead atoms. The van der Waals surface area contributed by atoms with Gasteiger partial charge in [-0.1, -0.05) is 42.5 Å². The van der Waals surface area contributed by atoms with Gasteiger partial charge >= 0.3 is 6.18 Å². The van der Waals surface area contributed by atoms with Gasteiger partial charge in [-0.2, -0.15) is 13.2 Å². The number of halogens is 5. The number of alkyl halides is 3. The highest BCUT2D eigenvalue weighted by Crippen LogP contribution is 2.36. The number of aliphatic imine (C=N–C) groups is 1. The van der Waals surface area contributed by atoms with Crippen molar-refractivity contribution >= 4 is 28.6 Å². The van der Waals surface area contributed by atoms with E-state index in [2.05, 4.69) is 10.4 Å². The minimum absolute atomic E-state index is 0.0148. The summed E-state index contributed by atoms with van der Waals surface area (Å²) in [6.07, 6.45) is -3.28. The molecule has 0 fully saturated rings. The van der Waals surface area contributed by atoms with Crippen LogP contribution in [0.5, 0.6) is 0 Å². The maximum absolute atomic E-state index is 15.0. The van der Waals surface area contributed by atoms with E-state index >= 15 is 0 Å². The molecule has 35 heavy (non-hydrogen) atoms. The van der Waals surface area contributed by atoms with E-state index < -0.39 is 29.2 Å². The van der Waals surface area contributed by atoms with E-state index in [9.17, 15) is 26.7 Å². The van der Waals surface area contributed by atoms with E-state index in [1.807, 2.05) is 6.07 Å². The molecule has 0 saturated heterocycles. The first kappa shape index (κ1) is 22.5. The number of hydrogen-bond donors (Lipinski definition) is 1. The minimum atomic E-state index is -4.50. The van der Waals surface area contributed by atoms with Gasteiger partial charge in [0.1, 0.15) is 11.6 Å². The molecule has 0 aliphatic carbocycles. The van der Waals surface area contributed by atoms with E-state index in [1.54, 1.807) is 24.3 Å². The second kappa shape index (κ2) is 8.50. The number of fused-ring (bicyclic) bond motifs is 1. The summed E-state index contributed by atoms with van der Waals surface area (Å²) in [5.74, 6) is -2.12. The van der Waals surface area contributed by atoms with Gasteiger partial charge in [0, 0.05) is 23.3 Å². The van der Waals surface area contributed by atoms with Crippen LogP contribution in [0.2, 0.25) is 0 Å². The monoisotopic (exact) mass is 481 g/mol.